The molecule has 112 valence electrons. The van der Waals surface area contributed by atoms with E-state index in [-0.39, 0.29) is 0 Å². The third kappa shape index (κ3) is 3.37. The maximum absolute atomic E-state index is 4.18. The molecule has 2 fully saturated rings. The minimum atomic E-state index is 0.792. The summed E-state index contributed by atoms with van der Waals surface area (Å²) in [7, 11) is 1.93. The monoisotopic (exact) mass is 278 g/mol. The van der Waals surface area contributed by atoms with E-state index in [4.69, 9.17) is 0 Å². The molecule has 0 aliphatic carbocycles. The fraction of sp³-hybridized carbons (Fsp3) is 0.857. The van der Waals surface area contributed by atoms with Crippen LogP contribution in [0, 0.1) is 0 Å². The average molecular weight is 278 g/mol. The number of likely N-dealkylation sites (tertiary alicyclic amines) is 2. The van der Waals surface area contributed by atoms with Crippen molar-refractivity contribution in [1.29, 1.82) is 0 Å². The van der Waals surface area contributed by atoms with Crippen LogP contribution in [0.15, 0.2) is 6.20 Å². The first kappa shape index (κ1) is 14.0. The second kappa shape index (κ2) is 6.65. The second-order valence-corrected chi connectivity index (χ2v) is 5.99. The molecule has 1 aromatic rings. The first-order valence-electron chi connectivity index (χ1n) is 7.85. The van der Waals surface area contributed by atoms with Crippen LogP contribution in [0.1, 0.15) is 25.0 Å². The lowest BCUT2D eigenvalue weighted by atomic mass is 10.2. The molecule has 2 aliphatic rings. The molecule has 1 aromatic heterocycles. The summed E-state index contributed by atoms with van der Waals surface area (Å²) in [6.07, 6.45) is 6.17. The van der Waals surface area contributed by atoms with E-state index < -0.39 is 0 Å². The highest BCUT2D eigenvalue weighted by Gasteiger charge is 2.28. The van der Waals surface area contributed by atoms with Gasteiger partial charge in [0.2, 0.25) is 0 Å². The molecule has 2 saturated heterocycles. The van der Waals surface area contributed by atoms with Crippen molar-refractivity contribution in [2.24, 2.45) is 0 Å². The molecule has 3 rings (SSSR count). The highest BCUT2D eigenvalue weighted by atomic mass is 15.4. The van der Waals surface area contributed by atoms with E-state index in [1.165, 1.54) is 45.4 Å². The molecule has 1 unspecified atom stereocenters. The van der Waals surface area contributed by atoms with E-state index in [1.807, 2.05) is 17.9 Å². The zero-order valence-corrected chi connectivity index (χ0v) is 12.5. The number of rotatable bonds is 6. The quantitative estimate of drug-likeness (QED) is 0.804. The largest absolute Gasteiger partial charge is 0.314 e. The summed E-state index contributed by atoms with van der Waals surface area (Å²) < 4.78 is 1.97. The molecule has 0 saturated carbocycles. The van der Waals surface area contributed by atoms with Crippen molar-refractivity contribution in [3.05, 3.63) is 11.9 Å². The molecule has 6 heteroatoms. The van der Waals surface area contributed by atoms with Crippen molar-refractivity contribution in [2.75, 3.05) is 39.8 Å². The summed E-state index contributed by atoms with van der Waals surface area (Å²) in [6.45, 7) is 7.93. The average Bonchev–Trinajstić information content (AvgIpc) is 3.18. The second-order valence-electron chi connectivity index (χ2n) is 5.99. The maximum atomic E-state index is 4.18. The fourth-order valence-corrected chi connectivity index (χ4v) is 3.37. The van der Waals surface area contributed by atoms with Gasteiger partial charge in [0, 0.05) is 31.9 Å². The smallest absolute Gasteiger partial charge is 0.0964 e. The minimum Gasteiger partial charge on any atom is -0.314 e. The Labute approximate surface area is 121 Å². The number of aromatic nitrogens is 3. The first-order chi connectivity index (χ1) is 9.85. The van der Waals surface area contributed by atoms with Crippen LogP contribution in [-0.2, 0) is 13.1 Å². The molecule has 1 N–H and O–H groups in total. The van der Waals surface area contributed by atoms with Crippen molar-refractivity contribution in [2.45, 2.75) is 38.4 Å². The highest BCUT2D eigenvalue weighted by molar-refractivity contribution is 4.91. The van der Waals surface area contributed by atoms with E-state index in [9.17, 15) is 0 Å². The molecular formula is C14H26N6. The Balaban J connectivity index is 1.42. The SMILES string of the molecule is CNCc1cn(CCN2CCC(N3CCCC3)C2)nn1. The summed E-state index contributed by atoms with van der Waals surface area (Å²) in [5, 5.41) is 11.4. The van der Waals surface area contributed by atoms with Crippen LogP contribution < -0.4 is 5.32 Å². The number of hydrogen-bond acceptors (Lipinski definition) is 5. The Bertz CT molecular complexity index is 412. The lowest BCUT2D eigenvalue weighted by Gasteiger charge is -2.23. The van der Waals surface area contributed by atoms with Gasteiger partial charge < -0.3 is 5.32 Å². The van der Waals surface area contributed by atoms with Gasteiger partial charge >= 0.3 is 0 Å². The van der Waals surface area contributed by atoms with Crippen molar-refractivity contribution in [3.63, 3.8) is 0 Å². The third-order valence-electron chi connectivity index (χ3n) is 4.49. The van der Waals surface area contributed by atoms with Crippen LogP contribution in [0.2, 0.25) is 0 Å². The molecule has 3 heterocycles. The Morgan fingerprint density at radius 3 is 2.90 bits per heavy atom. The molecular weight excluding hydrogens is 252 g/mol. The van der Waals surface area contributed by atoms with Gasteiger partial charge in [-0.15, -0.1) is 5.10 Å². The lowest BCUT2D eigenvalue weighted by Crippen LogP contribution is -2.36. The van der Waals surface area contributed by atoms with Gasteiger partial charge in [-0.1, -0.05) is 5.21 Å². The number of nitrogens with zero attached hydrogens (tertiary/aromatic N) is 5. The van der Waals surface area contributed by atoms with Gasteiger partial charge in [0.15, 0.2) is 0 Å². The van der Waals surface area contributed by atoms with Crippen molar-refractivity contribution in [3.8, 4) is 0 Å². The summed E-state index contributed by atoms with van der Waals surface area (Å²) in [6, 6.07) is 0.799. The molecule has 2 aliphatic heterocycles. The van der Waals surface area contributed by atoms with Gasteiger partial charge in [0.1, 0.15) is 0 Å². The molecule has 0 bridgehead atoms. The fourth-order valence-electron chi connectivity index (χ4n) is 3.37. The van der Waals surface area contributed by atoms with Crippen LogP contribution in [-0.4, -0.2) is 70.6 Å². The normalized spacial score (nSPS) is 24.8. The van der Waals surface area contributed by atoms with Gasteiger partial charge in [-0.25, -0.2) is 0 Å². The molecule has 20 heavy (non-hydrogen) atoms. The first-order valence-corrected chi connectivity index (χ1v) is 7.85. The van der Waals surface area contributed by atoms with Crippen molar-refractivity contribution >= 4 is 0 Å². The molecule has 0 amide bonds. The Morgan fingerprint density at radius 1 is 1.25 bits per heavy atom. The standard InChI is InChI=1S/C14H26N6/c1-15-10-13-11-20(17-16-13)9-8-18-7-4-14(12-18)19-5-2-3-6-19/h11,14-15H,2-10,12H2,1H3. The van der Waals surface area contributed by atoms with Gasteiger partial charge in [-0.2, -0.15) is 0 Å². The van der Waals surface area contributed by atoms with Crippen molar-refractivity contribution in [1.82, 2.24) is 30.1 Å². The molecule has 0 aromatic carbocycles. The lowest BCUT2D eigenvalue weighted by molar-refractivity contribution is 0.228. The van der Waals surface area contributed by atoms with Gasteiger partial charge in [-0.05, 0) is 45.9 Å². The number of hydrogen-bond donors (Lipinski definition) is 1. The summed E-state index contributed by atoms with van der Waals surface area (Å²) >= 11 is 0. The highest BCUT2D eigenvalue weighted by Crippen LogP contribution is 2.20. The van der Waals surface area contributed by atoms with E-state index >= 15 is 0 Å². The maximum Gasteiger partial charge on any atom is 0.0964 e. The van der Waals surface area contributed by atoms with E-state index in [2.05, 4.69) is 25.4 Å². The van der Waals surface area contributed by atoms with Gasteiger partial charge in [-0.3, -0.25) is 14.5 Å². The zero-order chi connectivity index (χ0) is 13.8. The van der Waals surface area contributed by atoms with Crippen LogP contribution in [0.3, 0.4) is 0 Å². The van der Waals surface area contributed by atoms with Crippen LogP contribution in [0.5, 0.6) is 0 Å². The predicted octanol–water partition coefficient (Wildman–Crippen LogP) is 0.168. The van der Waals surface area contributed by atoms with Crippen LogP contribution in [0.25, 0.3) is 0 Å². The van der Waals surface area contributed by atoms with Crippen LogP contribution >= 0.6 is 0 Å². The van der Waals surface area contributed by atoms with E-state index in [0.717, 1.165) is 31.4 Å². The zero-order valence-electron chi connectivity index (χ0n) is 12.5. The van der Waals surface area contributed by atoms with E-state index in [0.29, 0.717) is 0 Å². The topological polar surface area (TPSA) is 49.2 Å². The molecule has 0 radical (unpaired) electrons. The Morgan fingerprint density at radius 2 is 2.10 bits per heavy atom. The summed E-state index contributed by atoms with van der Waals surface area (Å²) in [5.41, 5.74) is 1.02. The summed E-state index contributed by atoms with van der Waals surface area (Å²) in [5.74, 6) is 0. The predicted molar refractivity (Wildman–Crippen MR) is 78.4 cm³/mol. The number of nitrogens with one attached hydrogen (secondary N) is 1. The van der Waals surface area contributed by atoms with E-state index in [1.54, 1.807) is 0 Å². The molecule has 0 spiro atoms. The summed E-state index contributed by atoms with van der Waals surface area (Å²) in [4.78, 5) is 5.25. The molecule has 1 atom stereocenters. The molecule has 6 nitrogen and oxygen atoms in total. The van der Waals surface area contributed by atoms with Crippen LogP contribution in [0.4, 0.5) is 0 Å². The third-order valence-corrected chi connectivity index (χ3v) is 4.49. The van der Waals surface area contributed by atoms with Gasteiger partial charge in [0.25, 0.3) is 0 Å². The minimum absolute atomic E-state index is 0.792. The Kier molecular flexibility index (Phi) is 4.65. The Hall–Kier alpha value is -0.980. The van der Waals surface area contributed by atoms with Gasteiger partial charge in [0.05, 0.1) is 12.2 Å². The van der Waals surface area contributed by atoms with Crippen molar-refractivity contribution < 1.29 is 0 Å².